The van der Waals surface area contributed by atoms with Crippen LogP contribution in [-0.2, 0) is 10.2 Å². The molecule has 1 amide bonds. The predicted molar refractivity (Wildman–Crippen MR) is 105 cm³/mol. The van der Waals surface area contributed by atoms with Gasteiger partial charge in [-0.3, -0.25) is 4.79 Å². The fraction of sp³-hybridized carbons (Fsp3) is 0.318. The Bertz CT molecular complexity index is 862. The van der Waals surface area contributed by atoms with Crippen molar-refractivity contribution in [3.8, 4) is 0 Å². The van der Waals surface area contributed by atoms with Crippen molar-refractivity contribution in [2.24, 2.45) is 11.0 Å². The van der Waals surface area contributed by atoms with Gasteiger partial charge in [0.2, 0.25) is 5.91 Å². The molecule has 2 aromatic carbocycles. The molecule has 2 aromatic rings. The van der Waals surface area contributed by atoms with Crippen molar-refractivity contribution in [2.45, 2.75) is 38.5 Å². The first kappa shape index (κ1) is 18.8. The van der Waals surface area contributed by atoms with Crippen molar-refractivity contribution in [3.05, 3.63) is 70.8 Å². The van der Waals surface area contributed by atoms with Crippen molar-refractivity contribution in [1.29, 1.82) is 0 Å². The van der Waals surface area contributed by atoms with Gasteiger partial charge in [0.25, 0.3) is 0 Å². The quantitative estimate of drug-likeness (QED) is 0.623. The molecule has 2 atom stereocenters. The first-order chi connectivity index (χ1) is 12.8. The minimum Gasteiger partial charge on any atom is -0.478 e. The molecule has 0 saturated heterocycles. The third-order valence-corrected chi connectivity index (χ3v) is 4.88. The van der Waals surface area contributed by atoms with Crippen molar-refractivity contribution in [3.63, 3.8) is 0 Å². The lowest BCUT2D eigenvalue weighted by Gasteiger charge is -2.19. The Kier molecular flexibility index (Phi) is 5.13. The molecule has 1 fully saturated rings. The van der Waals surface area contributed by atoms with Crippen LogP contribution in [0, 0.1) is 5.92 Å². The average molecular weight is 364 g/mol. The highest BCUT2D eigenvalue weighted by atomic mass is 16.4. The average Bonchev–Trinajstić information content (AvgIpc) is 3.42. The normalized spacial score (nSPS) is 19.1. The van der Waals surface area contributed by atoms with Gasteiger partial charge in [0, 0.05) is 5.92 Å². The molecule has 5 heteroatoms. The molecule has 3 rings (SSSR count). The number of aromatic carboxylic acids is 1. The minimum absolute atomic E-state index is 0.0444. The van der Waals surface area contributed by atoms with E-state index in [-0.39, 0.29) is 28.7 Å². The molecule has 0 spiro atoms. The summed E-state index contributed by atoms with van der Waals surface area (Å²) in [5, 5.41) is 12.9. The van der Waals surface area contributed by atoms with Gasteiger partial charge in [0.1, 0.15) is 0 Å². The van der Waals surface area contributed by atoms with Crippen LogP contribution in [0.15, 0.2) is 53.6 Å². The molecule has 27 heavy (non-hydrogen) atoms. The monoisotopic (exact) mass is 364 g/mol. The Morgan fingerprint density at radius 1 is 1.07 bits per heavy atom. The fourth-order valence-corrected chi connectivity index (χ4v) is 3.05. The van der Waals surface area contributed by atoms with E-state index >= 15 is 0 Å². The number of carbonyl (C=O) groups excluding carboxylic acids is 1. The van der Waals surface area contributed by atoms with E-state index in [9.17, 15) is 9.59 Å². The summed E-state index contributed by atoms with van der Waals surface area (Å²) in [6, 6.07) is 14.8. The third-order valence-electron chi connectivity index (χ3n) is 4.88. The Balaban J connectivity index is 1.53. The molecule has 1 saturated carbocycles. The molecule has 0 aromatic heterocycles. The summed E-state index contributed by atoms with van der Waals surface area (Å²) < 4.78 is 0. The fourth-order valence-electron chi connectivity index (χ4n) is 3.05. The van der Waals surface area contributed by atoms with Gasteiger partial charge in [0.05, 0.1) is 11.8 Å². The summed E-state index contributed by atoms with van der Waals surface area (Å²) >= 11 is 0. The van der Waals surface area contributed by atoms with Gasteiger partial charge in [-0.15, -0.1) is 0 Å². The molecule has 0 radical (unpaired) electrons. The lowest BCUT2D eigenvalue weighted by atomic mass is 9.86. The number of carboxylic acid groups (broad SMARTS) is 1. The van der Waals surface area contributed by atoms with Crippen LogP contribution < -0.4 is 5.43 Å². The van der Waals surface area contributed by atoms with E-state index in [4.69, 9.17) is 5.11 Å². The number of amides is 1. The van der Waals surface area contributed by atoms with Crippen molar-refractivity contribution in [1.82, 2.24) is 5.43 Å². The number of nitrogens with zero attached hydrogens (tertiary/aromatic N) is 1. The van der Waals surface area contributed by atoms with Crippen LogP contribution in [0.5, 0.6) is 0 Å². The Hall–Kier alpha value is -2.95. The highest BCUT2D eigenvalue weighted by Gasteiger charge is 2.43. The van der Waals surface area contributed by atoms with Crippen LogP contribution in [0.4, 0.5) is 0 Å². The van der Waals surface area contributed by atoms with Crippen LogP contribution in [0.3, 0.4) is 0 Å². The van der Waals surface area contributed by atoms with Gasteiger partial charge in [-0.05, 0) is 46.6 Å². The van der Waals surface area contributed by atoms with E-state index < -0.39 is 5.97 Å². The highest BCUT2D eigenvalue weighted by Crippen LogP contribution is 2.47. The van der Waals surface area contributed by atoms with Gasteiger partial charge in [-0.25, -0.2) is 10.2 Å². The minimum atomic E-state index is -0.970. The molecule has 0 unspecified atom stereocenters. The van der Waals surface area contributed by atoms with E-state index in [1.54, 1.807) is 12.1 Å². The van der Waals surface area contributed by atoms with Gasteiger partial charge in [-0.2, -0.15) is 5.10 Å². The zero-order valence-electron chi connectivity index (χ0n) is 15.8. The van der Waals surface area contributed by atoms with E-state index in [0.29, 0.717) is 0 Å². The maximum Gasteiger partial charge on any atom is 0.335 e. The molecule has 140 valence electrons. The van der Waals surface area contributed by atoms with Crippen LogP contribution in [0.2, 0.25) is 0 Å². The summed E-state index contributed by atoms with van der Waals surface area (Å²) in [5.41, 5.74) is 6.12. The largest absolute Gasteiger partial charge is 0.478 e. The number of nitrogens with one attached hydrogen (secondary N) is 1. The summed E-state index contributed by atoms with van der Waals surface area (Å²) in [5.74, 6) is -0.846. The van der Waals surface area contributed by atoms with E-state index in [1.165, 1.54) is 29.5 Å². The van der Waals surface area contributed by atoms with Crippen LogP contribution in [-0.4, -0.2) is 23.2 Å². The van der Waals surface area contributed by atoms with E-state index in [1.807, 2.05) is 0 Å². The van der Waals surface area contributed by atoms with Gasteiger partial charge < -0.3 is 5.11 Å². The second-order valence-corrected chi connectivity index (χ2v) is 7.98. The number of hydrazone groups is 1. The molecule has 2 N–H and O–H groups in total. The Morgan fingerprint density at radius 2 is 1.70 bits per heavy atom. The zero-order chi connectivity index (χ0) is 19.6. The molecule has 0 aliphatic heterocycles. The first-order valence-corrected chi connectivity index (χ1v) is 9.02. The molecule has 0 bridgehead atoms. The van der Waals surface area contributed by atoms with Crippen molar-refractivity contribution < 1.29 is 14.7 Å². The molecular formula is C22H24N2O3. The van der Waals surface area contributed by atoms with Crippen molar-refractivity contribution >= 4 is 18.1 Å². The second-order valence-electron chi connectivity index (χ2n) is 7.98. The van der Waals surface area contributed by atoms with Crippen LogP contribution in [0.1, 0.15) is 60.2 Å². The summed E-state index contributed by atoms with van der Waals surface area (Å²) in [7, 11) is 0. The predicted octanol–water partition coefficient (Wildman–Crippen LogP) is 3.94. The number of rotatable bonds is 5. The van der Waals surface area contributed by atoms with Crippen LogP contribution >= 0.6 is 0 Å². The van der Waals surface area contributed by atoms with E-state index in [2.05, 4.69) is 55.6 Å². The molecule has 5 nitrogen and oxygen atoms in total. The lowest BCUT2D eigenvalue weighted by Crippen LogP contribution is -2.20. The third kappa shape index (κ3) is 4.61. The topological polar surface area (TPSA) is 78.8 Å². The summed E-state index contributed by atoms with van der Waals surface area (Å²) in [6.45, 7) is 6.55. The Labute approximate surface area is 159 Å². The van der Waals surface area contributed by atoms with Crippen molar-refractivity contribution in [2.75, 3.05) is 0 Å². The number of hydrogen-bond donors (Lipinski definition) is 2. The van der Waals surface area contributed by atoms with Crippen LogP contribution in [0.25, 0.3) is 0 Å². The zero-order valence-corrected chi connectivity index (χ0v) is 15.8. The van der Waals surface area contributed by atoms with Gasteiger partial charge in [0.15, 0.2) is 0 Å². The SMILES string of the molecule is CC(C)(C)c1ccc([C@H]2C[C@@H]2C(=O)NN=Cc2ccc(C(=O)O)cc2)cc1. The number of carbonyl (C=O) groups is 2. The summed E-state index contributed by atoms with van der Waals surface area (Å²) in [4.78, 5) is 23.1. The molecular weight excluding hydrogens is 340 g/mol. The number of carboxylic acids is 1. The number of benzene rings is 2. The second kappa shape index (κ2) is 7.35. The molecule has 1 aliphatic rings. The Morgan fingerprint density at radius 3 is 2.26 bits per heavy atom. The molecule has 1 aliphatic carbocycles. The van der Waals surface area contributed by atoms with Gasteiger partial charge in [-0.1, -0.05) is 57.2 Å². The number of hydrogen-bond acceptors (Lipinski definition) is 3. The maximum absolute atomic E-state index is 12.2. The smallest absolute Gasteiger partial charge is 0.335 e. The van der Waals surface area contributed by atoms with Gasteiger partial charge >= 0.3 is 5.97 Å². The first-order valence-electron chi connectivity index (χ1n) is 9.02. The highest BCUT2D eigenvalue weighted by molar-refractivity contribution is 5.89. The van der Waals surface area contributed by atoms with E-state index in [0.717, 1.165) is 12.0 Å². The summed E-state index contributed by atoms with van der Waals surface area (Å²) in [6.07, 6.45) is 2.35. The lowest BCUT2D eigenvalue weighted by molar-refractivity contribution is -0.122. The maximum atomic E-state index is 12.2. The standard InChI is InChI=1S/C22H24N2O3/c1-22(2,3)17-10-8-15(9-11-17)18-12-19(18)20(25)24-23-13-14-4-6-16(7-5-14)21(26)27/h4-11,13,18-19H,12H2,1-3H3,(H,24,25)(H,26,27)/t18-,19+/m1/s1. The molecule has 0 heterocycles.